The van der Waals surface area contributed by atoms with E-state index in [1.165, 1.54) is 5.56 Å². The topological polar surface area (TPSA) is 69.6 Å². The van der Waals surface area contributed by atoms with E-state index in [-0.39, 0.29) is 18.0 Å². The Morgan fingerprint density at radius 1 is 1.23 bits per heavy atom. The number of amides is 2. The number of hydrogen-bond donors (Lipinski definition) is 2. The summed E-state index contributed by atoms with van der Waals surface area (Å²) in [4.78, 5) is 24.9. The number of anilines is 1. The Morgan fingerprint density at radius 2 is 1.86 bits per heavy atom. The van der Waals surface area contributed by atoms with Crippen LogP contribution in [-0.4, -0.2) is 35.1 Å². The first-order valence-corrected chi connectivity index (χ1v) is 7.66. The summed E-state index contributed by atoms with van der Waals surface area (Å²) in [5.74, 6) is -1.28. The van der Waals surface area contributed by atoms with Crippen molar-refractivity contribution in [2.75, 3.05) is 18.4 Å². The molecule has 0 bridgehead atoms. The van der Waals surface area contributed by atoms with Crippen molar-refractivity contribution < 1.29 is 14.7 Å². The Hall–Kier alpha value is -2.04. The maximum Gasteiger partial charge on any atom is 0.321 e. The van der Waals surface area contributed by atoms with Crippen LogP contribution in [0.3, 0.4) is 0 Å². The zero-order chi connectivity index (χ0) is 16.3. The lowest BCUT2D eigenvalue weighted by Gasteiger charge is -2.30. The number of carbonyl (C=O) groups excluding carboxylic acids is 1. The van der Waals surface area contributed by atoms with Crippen LogP contribution in [0.1, 0.15) is 39.2 Å². The molecule has 2 N–H and O–H groups in total. The van der Waals surface area contributed by atoms with E-state index in [2.05, 4.69) is 26.1 Å². The summed E-state index contributed by atoms with van der Waals surface area (Å²) >= 11 is 0. The van der Waals surface area contributed by atoms with E-state index in [4.69, 9.17) is 5.11 Å². The van der Waals surface area contributed by atoms with E-state index in [1.807, 2.05) is 24.3 Å². The zero-order valence-electron chi connectivity index (χ0n) is 13.4. The number of nitrogens with zero attached hydrogens (tertiary/aromatic N) is 1. The predicted molar refractivity (Wildman–Crippen MR) is 86.1 cm³/mol. The smallest absolute Gasteiger partial charge is 0.321 e. The molecule has 2 rings (SSSR count). The molecular weight excluding hydrogens is 280 g/mol. The summed E-state index contributed by atoms with van der Waals surface area (Å²) in [7, 11) is 0. The highest BCUT2D eigenvalue weighted by atomic mass is 16.4. The summed E-state index contributed by atoms with van der Waals surface area (Å²) in [6, 6.07) is 7.56. The molecule has 0 saturated carbocycles. The summed E-state index contributed by atoms with van der Waals surface area (Å²) in [6.45, 7) is 7.30. The molecule has 1 fully saturated rings. The second kappa shape index (κ2) is 6.38. The molecule has 1 saturated heterocycles. The van der Waals surface area contributed by atoms with Gasteiger partial charge in [-0.3, -0.25) is 4.79 Å². The van der Waals surface area contributed by atoms with E-state index in [1.54, 1.807) is 4.90 Å². The molecule has 1 aliphatic rings. The normalized spacial score (nSPS) is 18.9. The predicted octanol–water partition coefficient (Wildman–Crippen LogP) is 3.31. The summed E-state index contributed by atoms with van der Waals surface area (Å²) < 4.78 is 0. The second-order valence-corrected chi connectivity index (χ2v) is 6.88. The van der Waals surface area contributed by atoms with Gasteiger partial charge in [0.1, 0.15) is 0 Å². The second-order valence-electron chi connectivity index (χ2n) is 6.88. The van der Waals surface area contributed by atoms with Crippen molar-refractivity contribution in [1.29, 1.82) is 0 Å². The van der Waals surface area contributed by atoms with Gasteiger partial charge in [-0.1, -0.05) is 32.9 Å². The largest absolute Gasteiger partial charge is 0.481 e. The molecule has 5 heteroatoms. The van der Waals surface area contributed by atoms with Gasteiger partial charge in [-0.15, -0.1) is 0 Å². The molecule has 22 heavy (non-hydrogen) atoms. The van der Waals surface area contributed by atoms with Crippen molar-refractivity contribution in [1.82, 2.24) is 4.90 Å². The molecular formula is C17H24N2O3. The highest BCUT2D eigenvalue weighted by Gasteiger charge is 2.28. The Labute approximate surface area is 131 Å². The third-order valence-electron chi connectivity index (χ3n) is 4.06. The minimum atomic E-state index is -0.827. The first-order valence-electron chi connectivity index (χ1n) is 7.66. The third-order valence-corrected chi connectivity index (χ3v) is 4.06. The Balaban J connectivity index is 1.98. The van der Waals surface area contributed by atoms with Crippen LogP contribution in [0, 0.1) is 5.92 Å². The zero-order valence-corrected chi connectivity index (χ0v) is 13.4. The number of piperidine rings is 1. The molecule has 1 heterocycles. The summed E-state index contributed by atoms with van der Waals surface area (Å²) in [6.07, 6.45) is 1.37. The first kappa shape index (κ1) is 16.3. The van der Waals surface area contributed by atoms with E-state index in [9.17, 15) is 9.59 Å². The van der Waals surface area contributed by atoms with Crippen molar-refractivity contribution in [2.24, 2.45) is 5.92 Å². The molecule has 1 aliphatic heterocycles. The lowest BCUT2D eigenvalue weighted by Crippen LogP contribution is -2.44. The van der Waals surface area contributed by atoms with Gasteiger partial charge in [0, 0.05) is 18.8 Å². The number of urea groups is 1. The number of likely N-dealkylation sites (tertiary alicyclic amines) is 1. The maximum absolute atomic E-state index is 12.2. The molecule has 1 aromatic rings. The fourth-order valence-electron chi connectivity index (χ4n) is 2.62. The lowest BCUT2D eigenvalue weighted by molar-refractivity contribution is -0.143. The van der Waals surface area contributed by atoms with Crippen LogP contribution >= 0.6 is 0 Å². The van der Waals surface area contributed by atoms with Gasteiger partial charge in [0.05, 0.1) is 5.92 Å². The number of nitrogens with one attached hydrogen (secondary N) is 1. The van der Waals surface area contributed by atoms with E-state index in [0.717, 1.165) is 12.1 Å². The van der Waals surface area contributed by atoms with Crippen molar-refractivity contribution >= 4 is 17.7 Å². The van der Waals surface area contributed by atoms with Crippen LogP contribution in [-0.2, 0) is 10.2 Å². The average molecular weight is 304 g/mol. The van der Waals surface area contributed by atoms with Gasteiger partial charge in [0.15, 0.2) is 0 Å². The van der Waals surface area contributed by atoms with Gasteiger partial charge in [-0.25, -0.2) is 4.79 Å². The number of carboxylic acids is 1. The minimum Gasteiger partial charge on any atom is -0.481 e. The highest BCUT2D eigenvalue weighted by molar-refractivity contribution is 5.89. The van der Waals surface area contributed by atoms with Crippen molar-refractivity contribution in [3.8, 4) is 0 Å². The van der Waals surface area contributed by atoms with Crippen LogP contribution in [0.4, 0.5) is 10.5 Å². The molecule has 0 aliphatic carbocycles. The standard InChI is InChI=1S/C17H24N2O3/c1-17(2,3)13-6-8-14(9-7-13)18-16(22)19-10-4-5-12(11-19)15(20)21/h6-9,12H,4-5,10-11H2,1-3H3,(H,18,22)(H,20,21). The molecule has 1 aromatic carbocycles. The summed E-state index contributed by atoms with van der Waals surface area (Å²) in [5.41, 5.74) is 2.01. The van der Waals surface area contributed by atoms with Crippen molar-refractivity contribution in [3.05, 3.63) is 29.8 Å². The van der Waals surface area contributed by atoms with Crippen LogP contribution in [0.2, 0.25) is 0 Å². The van der Waals surface area contributed by atoms with Crippen molar-refractivity contribution in [2.45, 2.75) is 39.0 Å². The fraction of sp³-hybridized carbons (Fsp3) is 0.529. The van der Waals surface area contributed by atoms with Gasteiger partial charge in [-0.2, -0.15) is 0 Å². The Bertz CT molecular complexity index is 546. The molecule has 5 nitrogen and oxygen atoms in total. The molecule has 120 valence electrons. The van der Waals surface area contributed by atoms with Crippen LogP contribution in [0.25, 0.3) is 0 Å². The highest BCUT2D eigenvalue weighted by Crippen LogP contribution is 2.24. The lowest BCUT2D eigenvalue weighted by atomic mass is 9.87. The molecule has 2 amide bonds. The van der Waals surface area contributed by atoms with Crippen LogP contribution < -0.4 is 5.32 Å². The van der Waals surface area contributed by atoms with E-state index >= 15 is 0 Å². The number of aliphatic carboxylic acids is 1. The monoisotopic (exact) mass is 304 g/mol. The quantitative estimate of drug-likeness (QED) is 0.880. The number of hydrogen-bond acceptors (Lipinski definition) is 2. The maximum atomic E-state index is 12.2. The molecule has 1 unspecified atom stereocenters. The SMILES string of the molecule is CC(C)(C)c1ccc(NC(=O)N2CCCC(C(=O)O)C2)cc1. The van der Waals surface area contributed by atoms with E-state index in [0.29, 0.717) is 13.0 Å². The molecule has 1 atom stereocenters. The number of benzene rings is 1. The summed E-state index contributed by atoms with van der Waals surface area (Å²) in [5, 5.41) is 11.9. The number of carbonyl (C=O) groups is 2. The third kappa shape index (κ3) is 4.00. The van der Waals surface area contributed by atoms with Crippen LogP contribution in [0.15, 0.2) is 24.3 Å². The molecule has 0 spiro atoms. The van der Waals surface area contributed by atoms with Gasteiger partial charge in [0.2, 0.25) is 0 Å². The average Bonchev–Trinajstić information content (AvgIpc) is 2.47. The number of carboxylic acid groups (broad SMARTS) is 1. The molecule has 0 radical (unpaired) electrons. The van der Waals surface area contributed by atoms with E-state index < -0.39 is 11.9 Å². The first-order chi connectivity index (χ1) is 10.3. The minimum absolute atomic E-state index is 0.0735. The van der Waals surface area contributed by atoms with Gasteiger partial charge in [0.25, 0.3) is 0 Å². The van der Waals surface area contributed by atoms with Gasteiger partial charge >= 0.3 is 12.0 Å². The fourth-order valence-corrected chi connectivity index (χ4v) is 2.62. The Morgan fingerprint density at radius 3 is 2.41 bits per heavy atom. The van der Waals surface area contributed by atoms with Crippen LogP contribution in [0.5, 0.6) is 0 Å². The van der Waals surface area contributed by atoms with Gasteiger partial charge in [-0.05, 0) is 36.0 Å². The molecule has 0 aromatic heterocycles. The Kier molecular flexibility index (Phi) is 4.74. The number of rotatable bonds is 2. The van der Waals surface area contributed by atoms with Gasteiger partial charge < -0.3 is 15.3 Å². The van der Waals surface area contributed by atoms with Crippen molar-refractivity contribution in [3.63, 3.8) is 0 Å².